The van der Waals surface area contributed by atoms with Gasteiger partial charge in [0.25, 0.3) is 0 Å². The van der Waals surface area contributed by atoms with Gasteiger partial charge in [0.15, 0.2) is 0 Å². The third kappa shape index (κ3) is 4.89. The highest BCUT2D eigenvalue weighted by molar-refractivity contribution is 7.89. The standard InChI is InChI=1S/C13H21FN2O2S/c1-10(2)6-7-16-19(17,18)13-5-4-11(9-15-3)8-12(13)14/h4-5,8,10,15-16H,6-7,9H2,1-3H3. The summed E-state index contributed by atoms with van der Waals surface area (Å²) in [6, 6.07) is 4.16. The van der Waals surface area contributed by atoms with Gasteiger partial charge in [-0.15, -0.1) is 0 Å². The molecule has 0 aliphatic heterocycles. The van der Waals surface area contributed by atoms with E-state index in [1.165, 1.54) is 12.1 Å². The molecule has 0 heterocycles. The maximum atomic E-state index is 13.8. The molecule has 0 radical (unpaired) electrons. The van der Waals surface area contributed by atoms with E-state index < -0.39 is 15.8 Å². The zero-order valence-electron chi connectivity index (χ0n) is 11.5. The molecule has 0 spiro atoms. The lowest BCUT2D eigenvalue weighted by molar-refractivity contribution is 0.539. The van der Waals surface area contributed by atoms with Crippen LogP contribution in [0.3, 0.4) is 0 Å². The van der Waals surface area contributed by atoms with Crippen molar-refractivity contribution in [1.29, 1.82) is 0 Å². The summed E-state index contributed by atoms with van der Waals surface area (Å²) in [5.74, 6) is -0.324. The van der Waals surface area contributed by atoms with Crippen molar-refractivity contribution in [2.75, 3.05) is 13.6 Å². The van der Waals surface area contributed by atoms with Gasteiger partial charge in [-0.25, -0.2) is 17.5 Å². The molecule has 0 aliphatic rings. The molecule has 0 bridgehead atoms. The van der Waals surface area contributed by atoms with Crippen LogP contribution in [0, 0.1) is 11.7 Å². The summed E-state index contributed by atoms with van der Waals surface area (Å²) in [7, 11) is -2.02. The molecule has 0 unspecified atom stereocenters. The minimum absolute atomic E-state index is 0.295. The molecule has 19 heavy (non-hydrogen) atoms. The molecular formula is C13H21FN2O2S. The summed E-state index contributed by atoms with van der Waals surface area (Å²) in [6.07, 6.45) is 0.721. The summed E-state index contributed by atoms with van der Waals surface area (Å²) in [4.78, 5) is -0.295. The molecule has 1 rings (SSSR count). The lowest BCUT2D eigenvalue weighted by Gasteiger charge is -2.10. The van der Waals surface area contributed by atoms with Crippen molar-refractivity contribution in [3.63, 3.8) is 0 Å². The Morgan fingerprint density at radius 1 is 1.32 bits per heavy atom. The highest BCUT2D eigenvalue weighted by Gasteiger charge is 2.18. The summed E-state index contributed by atoms with van der Waals surface area (Å²) < 4.78 is 40.1. The largest absolute Gasteiger partial charge is 0.316 e. The molecule has 2 N–H and O–H groups in total. The maximum Gasteiger partial charge on any atom is 0.243 e. The number of hydrogen-bond acceptors (Lipinski definition) is 3. The molecule has 0 saturated heterocycles. The monoisotopic (exact) mass is 288 g/mol. The Morgan fingerprint density at radius 2 is 2.00 bits per heavy atom. The SMILES string of the molecule is CNCc1ccc(S(=O)(=O)NCCC(C)C)c(F)c1. The molecular weight excluding hydrogens is 267 g/mol. The molecule has 1 aromatic carbocycles. The zero-order chi connectivity index (χ0) is 14.5. The van der Waals surface area contributed by atoms with E-state index in [1.54, 1.807) is 13.1 Å². The van der Waals surface area contributed by atoms with Crippen molar-refractivity contribution in [2.45, 2.75) is 31.7 Å². The molecule has 1 aromatic rings. The summed E-state index contributed by atoms with van der Waals surface area (Å²) in [6.45, 7) is 4.82. The number of rotatable bonds is 7. The molecule has 0 atom stereocenters. The van der Waals surface area contributed by atoms with Crippen molar-refractivity contribution >= 4 is 10.0 Å². The molecule has 0 fully saturated rings. The molecule has 0 saturated carbocycles. The van der Waals surface area contributed by atoms with E-state index in [2.05, 4.69) is 10.0 Å². The average molecular weight is 288 g/mol. The van der Waals surface area contributed by atoms with Crippen LogP contribution in [-0.2, 0) is 16.6 Å². The van der Waals surface area contributed by atoms with E-state index in [-0.39, 0.29) is 4.90 Å². The van der Waals surface area contributed by atoms with Crippen molar-refractivity contribution < 1.29 is 12.8 Å². The Hall–Kier alpha value is -0.980. The van der Waals surface area contributed by atoms with Gasteiger partial charge in [0.2, 0.25) is 10.0 Å². The fourth-order valence-electron chi connectivity index (χ4n) is 1.64. The number of sulfonamides is 1. The van der Waals surface area contributed by atoms with Gasteiger partial charge in [0, 0.05) is 13.1 Å². The highest BCUT2D eigenvalue weighted by Crippen LogP contribution is 2.16. The zero-order valence-corrected chi connectivity index (χ0v) is 12.3. The predicted octanol–water partition coefficient (Wildman–Crippen LogP) is 1.87. The van der Waals surface area contributed by atoms with Crippen LogP contribution in [-0.4, -0.2) is 22.0 Å². The van der Waals surface area contributed by atoms with Crippen LogP contribution < -0.4 is 10.0 Å². The lowest BCUT2D eigenvalue weighted by atomic mass is 10.1. The van der Waals surface area contributed by atoms with Gasteiger partial charge in [-0.1, -0.05) is 19.9 Å². The third-order valence-corrected chi connectivity index (χ3v) is 4.17. The van der Waals surface area contributed by atoms with Crippen LogP contribution in [0.2, 0.25) is 0 Å². The Morgan fingerprint density at radius 3 is 2.53 bits per heavy atom. The molecule has 0 amide bonds. The Bertz CT molecular complexity index is 515. The molecule has 108 valence electrons. The first-order chi connectivity index (χ1) is 8.86. The Balaban J connectivity index is 2.83. The Kier molecular flexibility index (Phi) is 5.90. The summed E-state index contributed by atoms with van der Waals surface area (Å²) >= 11 is 0. The van der Waals surface area contributed by atoms with Crippen LogP contribution in [0.5, 0.6) is 0 Å². The highest BCUT2D eigenvalue weighted by atomic mass is 32.2. The Labute approximate surface area is 114 Å². The first-order valence-electron chi connectivity index (χ1n) is 6.29. The maximum absolute atomic E-state index is 13.8. The molecule has 0 aliphatic carbocycles. The second-order valence-corrected chi connectivity index (χ2v) is 6.61. The smallest absolute Gasteiger partial charge is 0.243 e. The van der Waals surface area contributed by atoms with Crippen molar-refractivity contribution in [3.8, 4) is 0 Å². The number of hydrogen-bond donors (Lipinski definition) is 2. The van der Waals surface area contributed by atoms with Crippen LogP contribution in [0.25, 0.3) is 0 Å². The fraction of sp³-hybridized carbons (Fsp3) is 0.538. The minimum atomic E-state index is -3.76. The third-order valence-electron chi connectivity index (χ3n) is 2.68. The van der Waals surface area contributed by atoms with Gasteiger partial charge in [0.05, 0.1) is 0 Å². The van der Waals surface area contributed by atoms with E-state index in [4.69, 9.17) is 0 Å². The van der Waals surface area contributed by atoms with Gasteiger partial charge in [0.1, 0.15) is 10.7 Å². The van der Waals surface area contributed by atoms with Gasteiger partial charge >= 0.3 is 0 Å². The van der Waals surface area contributed by atoms with Crippen LogP contribution >= 0.6 is 0 Å². The normalized spacial score (nSPS) is 12.1. The van der Waals surface area contributed by atoms with E-state index in [1.807, 2.05) is 13.8 Å². The predicted molar refractivity (Wildman–Crippen MR) is 73.8 cm³/mol. The van der Waals surface area contributed by atoms with E-state index in [9.17, 15) is 12.8 Å². The first-order valence-corrected chi connectivity index (χ1v) is 7.78. The topological polar surface area (TPSA) is 58.2 Å². The number of nitrogens with one attached hydrogen (secondary N) is 2. The van der Waals surface area contributed by atoms with Crippen LogP contribution in [0.15, 0.2) is 23.1 Å². The van der Waals surface area contributed by atoms with E-state index in [0.29, 0.717) is 24.6 Å². The van der Waals surface area contributed by atoms with Gasteiger partial charge < -0.3 is 5.32 Å². The minimum Gasteiger partial charge on any atom is -0.316 e. The summed E-state index contributed by atoms with van der Waals surface area (Å²) in [5.41, 5.74) is 0.709. The van der Waals surface area contributed by atoms with Crippen molar-refractivity contribution in [1.82, 2.24) is 10.0 Å². The molecule has 6 heteroatoms. The van der Waals surface area contributed by atoms with Gasteiger partial charge in [-0.2, -0.15) is 0 Å². The van der Waals surface area contributed by atoms with E-state index in [0.717, 1.165) is 6.42 Å². The van der Waals surface area contributed by atoms with Crippen LogP contribution in [0.1, 0.15) is 25.8 Å². The van der Waals surface area contributed by atoms with Crippen molar-refractivity contribution in [2.24, 2.45) is 5.92 Å². The van der Waals surface area contributed by atoms with E-state index >= 15 is 0 Å². The first kappa shape index (κ1) is 16.1. The second kappa shape index (κ2) is 6.98. The van der Waals surface area contributed by atoms with Crippen molar-refractivity contribution in [3.05, 3.63) is 29.6 Å². The number of halogens is 1. The average Bonchev–Trinajstić information content (AvgIpc) is 2.28. The summed E-state index contributed by atoms with van der Waals surface area (Å²) in [5, 5.41) is 2.88. The lowest BCUT2D eigenvalue weighted by Crippen LogP contribution is -2.26. The number of benzene rings is 1. The molecule has 0 aromatic heterocycles. The van der Waals surface area contributed by atoms with Gasteiger partial charge in [-0.3, -0.25) is 0 Å². The fourth-order valence-corrected chi connectivity index (χ4v) is 2.74. The quantitative estimate of drug-likeness (QED) is 0.805. The van der Waals surface area contributed by atoms with Crippen LogP contribution in [0.4, 0.5) is 4.39 Å². The molecule has 4 nitrogen and oxygen atoms in total. The van der Waals surface area contributed by atoms with Gasteiger partial charge in [-0.05, 0) is 37.1 Å². The second-order valence-electron chi connectivity index (χ2n) is 4.88.